The lowest BCUT2D eigenvalue weighted by Gasteiger charge is -2.38. The van der Waals surface area contributed by atoms with E-state index in [-0.39, 0.29) is 17.9 Å². The van der Waals surface area contributed by atoms with Crippen LogP contribution < -0.4 is 10.6 Å². The second kappa shape index (κ2) is 3.90. The Morgan fingerprint density at radius 2 is 2.00 bits per heavy atom. The van der Waals surface area contributed by atoms with Gasteiger partial charge < -0.3 is 15.1 Å². The van der Waals surface area contributed by atoms with Crippen LogP contribution in [0.3, 0.4) is 0 Å². The van der Waals surface area contributed by atoms with Crippen molar-refractivity contribution in [2.45, 2.75) is 18.4 Å². The first kappa shape index (κ1) is 11.7. The van der Waals surface area contributed by atoms with E-state index in [1.165, 1.54) is 4.90 Å². The molecule has 2 saturated heterocycles. The molecule has 17 heavy (non-hydrogen) atoms. The summed E-state index contributed by atoms with van der Waals surface area (Å²) in [4.78, 5) is 26.2. The molecular formula is C10H17N5O2. The second-order valence-corrected chi connectivity index (χ2v) is 4.70. The highest BCUT2D eigenvalue weighted by molar-refractivity contribution is 6.08. The largest absolute Gasteiger partial charge is 0.331 e. The van der Waals surface area contributed by atoms with Crippen LogP contribution in [0.1, 0.15) is 12.8 Å². The maximum atomic E-state index is 11.7. The molecule has 0 radical (unpaired) electrons. The molecule has 2 heterocycles. The molecule has 0 saturated carbocycles. The lowest BCUT2D eigenvalue weighted by Crippen LogP contribution is -2.56. The van der Waals surface area contributed by atoms with Crippen LogP contribution in [0.2, 0.25) is 0 Å². The molecule has 7 nitrogen and oxygen atoms in total. The van der Waals surface area contributed by atoms with E-state index in [1.807, 2.05) is 0 Å². The number of amides is 4. The zero-order chi connectivity index (χ0) is 12.6. The second-order valence-electron chi connectivity index (χ2n) is 4.70. The van der Waals surface area contributed by atoms with Crippen LogP contribution in [-0.4, -0.2) is 60.4 Å². The van der Waals surface area contributed by atoms with Crippen molar-refractivity contribution >= 4 is 17.9 Å². The molecule has 4 amide bonds. The van der Waals surface area contributed by atoms with E-state index < -0.39 is 5.54 Å². The van der Waals surface area contributed by atoms with Crippen LogP contribution in [0.4, 0.5) is 9.59 Å². The monoisotopic (exact) mass is 239 g/mol. The van der Waals surface area contributed by atoms with Crippen LogP contribution in [-0.2, 0) is 0 Å². The van der Waals surface area contributed by atoms with Gasteiger partial charge in [-0.3, -0.25) is 10.7 Å². The molecule has 0 aromatic carbocycles. The number of urea groups is 2. The number of likely N-dealkylation sites (tertiary alicyclic amines) is 1. The van der Waals surface area contributed by atoms with Gasteiger partial charge in [0, 0.05) is 27.2 Å². The van der Waals surface area contributed by atoms with E-state index in [9.17, 15) is 9.59 Å². The van der Waals surface area contributed by atoms with E-state index >= 15 is 0 Å². The lowest BCUT2D eigenvalue weighted by atomic mass is 9.87. The van der Waals surface area contributed by atoms with Crippen LogP contribution in [0.15, 0.2) is 0 Å². The van der Waals surface area contributed by atoms with Gasteiger partial charge in [0.2, 0.25) is 0 Å². The third-order valence-corrected chi connectivity index (χ3v) is 3.34. The Labute approximate surface area is 99.6 Å². The first-order valence-electron chi connectivity index (χ1n) is 5.59. The van der Waals surface area contributed by atoms with E-state index in [1.54, 1.807) is 19.0 Å². The number of amidine groups is 1. The molecule has 0 unspecified atom stereocenters. The zero-order valence-corrected chi connectivity index (χ0v) is 10.0. The third-order valence-electron chi connectivity index (χ3n) is 3.34. The van der Waals surface area contributed by atoms with Crippen molar-refractivity contribution in [1.82, 2.24) is 20.4 Å². The fraction of sp³-hybridized carbons (Fsp3) is 0.700. The molecule has 0 aromatic rings. The summed E-state index contributed by atoms with van der Waals surface area (Å²) in [7, 11) is 3.43. The number of nitrogens with one attached hydrogen (secondary N) is 3. The zero-order valence-electron chi connectivity index (χ0n) is 10.0. The Morgan fingerprint density at radius 1 is 1.41 bits per heavy atom. The van der Waals surface area contributed by atoms with Gasteiger partial charge in [0.25, 0.3) is 0 Å². The van der Waals surface area contributed by atoms with Gasteiger partial charge in [-0.1, -0.05) is 0 Å². The van der Waals surface area contributed by atoms with Crippen molar-refractivity contribution in [3.63, 3.8) is 0 Å². The molecule has 1 spiro atoms. The minimum Gasteiger partial charge on any atom is -0.331 e. The first-order valence-corrected chi connectivity index (χ1v) is 5.59. The number of carbonyl (C=O) groups excluding carboxylic acids is 2. The molecule has 0 aromatic heterocycles. The molecule has 7 heteroatoms. The van der Waals surface area contributed by atoms with Gasteiger partial charge in [0.05, 0.1) is 0 Å². The highest BCUT2D eigenvalue weighted by atomic mass is 16.2. The Balaban J connectivity index is 2.01. The molecule has 0 aliphatic carbocycles. The number of hydrogen-bond acceptors (Lipinski definition) is 3. The summed E-state index contributed by atoms with van der Waals surface area (Å²) in [5, 5.41) is 13.0. The standard InChI is InChI=1S/C10H17N5O2/c1-14(2)9(17)15-5-3-10(4-6-15)7(11)12-8(16)13-10/h3-6H2,1-2H3,(H3,11,12,13,16). The summed E-state index contributed by atoms with van der Waals surface area (Å²) in [6.45, 7) is 1.11. The van der Waals surface area contributed by atoms with Gasteiger partial charge in [-0.25, -0.2) is 9.59 Å². The predicted octanol–water partition coefficient (Wildman–Crippen LogP) is -0.207. The molecule has 0 bridgehead atoms. The predicted molar refractivity (Wildman–Crippen MR) is 62.0 cm³/mol. The SMILES string of the molecule is CN(C)C(=O)N1CCC2(CC1)NC(=O)NC2=N. The Kier molecular flexibility index (Phi) is 2.68. The highest BCUT2D eigenvalue weighted by Gasteiger charge is 2.45. The summed E-state index contributed by atoms with van der Waals surface area (Å²) >= 11 is 0. The number of nitrogens with zero attached hydrogens (tertiary/aromatic N) is 2. The van der Waals surface area contributed by atoms with Crippen LogP contribution in [0.5, 0.6) is 0 Å². The Hall–Kier alpha value is -1.79. The molecule has 2 fully saturated rings. The van der Waals surface area contributed by atoms with E-state index in [2.05, 4.69) is 10.6 Å². The highest BCUT2D eigenvalue weighted by Crippen LogP contribution is 2.25. The summed E-state index contributed by atoms with van der Waals surface area (Å²) in [6.07, 6.45) is 1.17. The fourth-order valence-electron chi connectivity index (χ4n) is 2.28. The van der Waals surface area contributed by atoms with Crippen molar-refractivity contribution in [2.24, 2.45) is 0 Å². The van der Waals surface area contributed by atoms with Gasteiger partial charge in [-0.2, -0.15) is 0 Å². The van der Waals surface area contributed by atoms with Crippen molar-refractivity contribution in [3.05, 3.63) is 0 Å². The molecule has 2 aliphatic heterocycles. The number of hydrogen-bond donors (Lipinski definition) is 3. The summed E-state index contributed by atoms with van der Waals surface area (Å²) in [5.74, 6) is 0.222. The van der Waals surface area contributed by atoms with Gasteiger partial charge in [0.15, 0.2) is 0 Å². The van der Waals surface area contributed by atoms with E-state index in [4.69, 9.17) is 5.41 Å². The quantitative estimate of drug-likeness (QED) is 0.546. The molecule has 2 aliphatic rings. The van der Waals surface area contributed by atoms with Gasteiger partial charge in [0.1, 0.15) is 11.4 Å². The van der Waals surface area contributed by atoms with E-state index in [0.717, 1.165) is 0 Å². The van der Waals surface area contributed by atoms with Gasteiger partial charge in [-0.05, 0) is 12.8 Å². The average Bonchev–Trinajstić information content (AvgIpc) is 2.54. The maximum Gasteiger partial charge on any atom is 0.321 e. The summed E-state index contributed by atoms with van der Waals surface area (Å²) in [6, 6.07) is -0.342. The van der Waals surface area contributed by atoms with Crippen LogP contribution in [0, 0.1) is 5.41 Å². The van der Waals surface area contributed by atoms with Crippen molar-refractivity contribution in [3.8, 4) is 0 Å². The molecule has 94 valence electrons. The molecule has 2 rings (SSSR count). The number of carbonyl (C=O) groups is 2. The maximum absolute atomic E-state index is 11.7. The van der Waals surface area contributed by atoms with E-state index in [0.29, 0.717) is 25.9 Å². The van der Waals surface area contributed by atoms with Crippen LogP contribution >= 0.6 is 0 Å². The molecule has 0 atom stereocenters. The van der Waals surface area contributed by atoms with Gasteiger partial charge in [-0.15, -0.1) is 0 Å². The number of piperidine rings is 1. The van der Waals surface area contributed by atoms with Crippen molar-refractivity contribution in [2.75, 3.05) is 27.2 Å². The molecule has 3 N–H and O–H groups in total. The Morgan fingerprint density at radius 3 is 2.41 bits per heavy atom. The Bertz CT molecular complexity index is 371. The van der Waals surface area contributed by atoms with Crippen molar-refractivity contribution in [1.29, 1.82) is 5.41 Å². The van der Waals surface area contributed by atoms with Crippen molar-refractivity contribution < 1.29 is 9.59 Å². The minimum absolute atomic E-state index is 0.0244. The summed E-state index contributed by atoms with van der Waals surface area (Å²) < 4.78 is 0. The molecular weight excluding hydrogens is 222 g/mol. The third kappa shape index (κ3) is 1.92. The van der Waals surface area contributed by atoms with Gasteiger partial charge >= 0.3 is 12.1 Å². The smallest absolute Gasteiger partial charge is 0.321 e. The normalized spacial score (nSPS) is 22.4. The topological polar surface area (TPSA) is 88.5 Å². The van der Waals surface area contributed by atoms with Crippen LogP contribution in [0.25, 0.3) is 0 Å². The minimum atomic E-state index is -0.583. The number of rotatable bonds is 0. The lowest BCUT2D eigenvalue weighted by molar-refractivity contribution is 0.147. The first-order chi connectivity index (χ1) is 7.94. The summed E-state index contributed by atoms with van der Waals surface area (Å²) in [5.41, 5.74) is -0.583. The fourth-order valence-corrected chi connectivity index (χ4v) is 2.28. The average molecular weight is 239 g/mol.